The Hall–Kier alpha value is -2.18. The Morgan fingerprint density at radius 2 is 2.08 bits per heavy atom. The number of aromatic nitrogens is 2. The van der Waals surface area contributed by atoms with E-state index in [0.29, 0.717) is 26.2 Å². The van der Waals surface area contributed by atoms with Gasteiger partial charge in [0, 0.05) is 38.9 Å². The second-order valence-corrected chi connectivity index (χ2v) is 7.01. The number of carbonyl (C=O) groups excluding carboxylic acids is 1. The summed E-state index contributed by atoms with van der Waals surface area (Å²) in [6.45, 7) is 2.00. The van der Waals surface area contributed by atoms with Gasteiger partial charge in [-0.2, -0.15) is 0 Å². The highest BCUT2D eigenvalue weighted by Gasteiger charge is 2.45. The highest BCUT2D eigenvalue weighted by molar-refractivity contribution is 5.82. The molecule has 1 spiro atoms. The summed E-state index contributed by atoms with van der Waals surface area (Å²) >= 11 is 0. The van der Waals surface area contributed by atoms with Gasteiger partial charge in [0.25, 0.3) is 0 Å². The highest BCUT2D eigenvalue weighted by Crippen LogP contribution is 2.36. The first kappa shape index (κ1) is 16.3. The van der Waals surface area contributed by atoms with Crippen LogP contribution in [0.2, 0.25) is 0 Å². The predicted octanol–water partition coefficient (Wildman–Crippen LogP) is 1.59. The van der Waals surface area contributed by atoms with E-state index in [2.05, 4.69) is 15.3 Å². The molecule has 4 rings (SSSR count). The van der Waals surface area contributed by atoms with Crippen molar-refractivity contribution < 1.29 is 9.53 Å². The molecule has 0 saturated carbocycles. The number of hydrogen-bond acceptors (Lipinski definition) is 4. The van der Waals surface area contributed by atoms with Crippen LogP contribution in [-0.4, -0.2) is 47.1 Å². The molecule has 6 nitrogen and oxygen atoms in total. The highest BCUT2D eigenvalue weighted by atomic mass is 16.5. The summed E-state index contributed by atoms with van der Waals surface area (Å²) in [4.78, 5) is 22.6. The number of nitrogens with zero attached hydrogens (tertiary/aromatic N) is 2. The van der Waals surface area contributed by atoms with E-state index in [1.807, 2.05) is 37.4 Å². The fourth-order valence-electron chi connectivity index (χ4n) is 4.00. The van der Waals surface area contributed by atoms with Gasteiger partial charge >= 0.3 is 0 Å². The van der Waals surface area contributed by atoms with Crippen molar-refractivity contribution in [1.82, 2.24) is 20.2 Å². The van der Waals surface area contributed by atoms with Crippen molar-refractivity contribution in [2.45, 2.75) is 37.4 Å². The average Bonchev–Trinajstić information content (AvgIpc) is 3.12. The van der Waals surface area contributed by atoms with Gasteiger partial charge < -0.3 is 14.6 Å². The van der Waals surface area contributed by atoms with Gasteiger partial charge in [-0.3, -0.25) is 10.1 Å². The third-order valence-electron chi connectivity index (χ3n) is 5.31. The van der Waals surface area contributed by atoms with Crippen LogP contribution in [0.25, 0.3) is 0 Å². The average molecular weight is 340 g/mol. The van der Waals surface area contributed by atoms with Gasteiger partial charge in [0.05, 0.1) is 23.6 Å². The zero-order valence-corrected chi connectivity index (χ0v) is 14.5. The zero-order valence-electron chi connectivity index (χ0n) is 14.5. The number of rotatable bonds is 3. The van der Waals surface area contributed by atoms with Crippen LogP contribution in [0.5, 0.6) is 0 Å². The minimum Gasteiger partial charge on any atom is -0.381 e. The lowest BCUT2D eigenvalue weighted by atomic mass is 9.80. The van der Waals surface area contributed by atoms with Crippen molar-refractivity contribution in [2.75, 3.05) is 20.3 Å². The molecule has 1 saturated heterocycles. The molecule has 3 heterocycles. The fraction of sp³-hybridized carbons (Fsp3) is 0.474. The first-order valence-corrected chi connectivity index (χ1v) is 8.85. The molecule has 25 heavy (non-hydrogen) atoms. The maximum atomic E-state index is 13.1. The summed E-state index contributed by atoms with van der Waals surface area (Å²) in [6, 6.07) is 9.85. The molecule has 1 aromatic heterocycles. The van der Waals surface area contributed by atoms with Crippen molar-refractivity contribution in [3.63, 3.8) is 0 Å². The minimum absolute atomic E-state index is 0.120. The monoisotopic (exact) mass is 340 g/mol. The maximum Gasteiger partial charge on any atom is 0.240 e. The lowest BCUT2D eigenvalue weighted by Crippen LogP contribution is -2.60. The molecule has 2 aliphatic heterocycles. The molecule has 6 heteroatoms. The Morgan fingerprint density at radius 1 is 1.32 bits per heavy atom. The first-order chi connectivity index (χ1) is 12.2. The molecule has 1 fully saturated rings. The van der Waals surface area contributed by atoms with Crippen LogP contribution in [0, 0.1) is 0 Å². The predicted molar refractivity (Wildman–Crippen MR) is 93.9 cm³/mol. The van der Waals surface area contributed by atoms with Gasteiger partial charge in [0.2, 0.25) is 5.91 Å². The number of imidazole rings is 1. The van der Waals surface area contributed by atoms with E-state index in [4.69, 9.17) is 4.74 Å². The van der Waals surface area contributed by atoms with Crippen LogP contribution >= 0.6 is 0 Å². The normalized spacial score (nSPS) is 21.7. The molecule has 2 aliphatic rings. The molecule has 0 unspecified atom stereocenters. The van der Waals surface area contributed by atoms with Crippen LogP contribution in [0.3, 0.4) is 0 Å². The SMILES string of the molecule is CN(Cc1ccccc1)C(=O)[C@@H]1Cc2[nH]cnc2C2(CCOCC2)N1. The van der Waals surface area contributed by atoms with Crippen LogP contribution < -0.4 is 5.32 Å². The number of H-pyrrole nitrogens is 1. The maximum absolute atomic E-state index is 13.1. The van der Waals surface area contributed by atoms with Gasteiger partial charge in [-0.15, -0.1) is 0 Å². The summed E-state index contributed by atoms with van der Waals surface area (Å²) in [6.07, 6.45) is 4.08. The summed E-state index contributed by atoms with van der Waals surface area (Å²) < 4.78 is 5.54. The fourth-order valence-corrected chi connectivity index (χ4v) is 4.00. The Labute approximate surface area is 147 Å². The van der Waals surface area contributed by atoms with Crippen molar-refractivity contribution >= 4 is 5.91 Å². The Kier molecular flexibility index (Phi) is 4.31. The molecule has 0 radical (unpaired) electrons. The summed E-state index contributed by atoms with van der Waals surface area (Å²) in [7, 11) is 1.87. The van der Waals surface area contributed by atoms with E-state index in [-0.39, 0.29) is 17.5 Å². The second-order valence-electron chi connectivity index (χ2n) is 7.01. The number of nitrogens with one attached hydrogen (secondary N) is 2. The van der Waals surface area contributed by atoms with E-state index in [9.17, 15) is 4.79 Å². The number of carbonyl (C=O) groups is 1. The standard InChI is InChI=1S/C19H24N4O2/c1-23(12-14-5-3-2-4-6-14)18(24)16-11-15-17(21-13-20-15)19(22-16)7-9-25-10-8-19/h2-6,13,16,22H,7-12H2,1H3,(H,20,21)/t16-/m0/s1. The van der Waals surface area contributed by atoms with E-state index in [1.54, 1.807) is 11.2 Å². The van der Waals surface area contributed by atoms with Crippen LogP contribution in [0.15, 0.2) is 36.7 Å². The lowest BCUT2D eigenvalue weighted by Gasteiger charge is -2.43. The number of hydrogen-bond donors (Lipinski definition) is 2. The van der Waals surface area contributed by atoms with Gasteiger partial charge in [-0.25, -0.2) is 4.98 Å². The van der Waals surface area contributed by atoms with Gasteiger partial charge in [-0.05, 0) is 18.4 Å². The van der Waals surface area contributed by atoms with Crippen LogP contribution in [-0.2, 0) is 28.0 Å². The number of fused-ring (bicyclic) bond motifs is 2. The smallest absolute Gasteiger partial charge is 0.240 e. The van der Waals surface area contributed by atoms with Crippen molar-refractivity contribution in [3.05, 3.63) is 53.6 Å². The largest absolute Gasteiger partial charge is 0.381 e. The summed E-state index contributed by atoms with van der Waals surface area (Å²) in [5.41, 5.74) is 3.02. The van der Waals surface area contributed by atoms with E-state index in [0.717, 1.165) is 29.8 Å². The lowest BCUT2D eigenvalue weighted by molar-refractivity contribution is -0.134. The van der Waals surface area contributed by atoms with Gasteiger partial charge in [0.1, 0.15) is 0 Å². The summed E-state index contributed by atoms with van der Waals surface area (Å²) in [5, 5.41) is 3.62. The Morgan fingerprint density at radius 3 is 2.84 bits per heavy atom. The van der Waals surface area contributed by atoms with Crippen molar-refractivity contribution in [3.8, 4) is 0 Å². The molecule has 1 amide bonds. The molecule has 0 bridgehead atoms. The van der Waals surface area contributed by atoms with E-state index < -0.39 is 0 Å². The number of aromatic amines is 1. The molecule has 0 aliphatic carbocycles. The van der Waals surface area contributed by atoms with Gasteiger partial charge in [0.15, 0.2) is 0 Å². The van der Waals surface area contributed by atoms with Gasteiger partial charge in [-0.1, -0.05) is 30.3 Å². The van der Waals surface area contributed by atoms with Crippen molar-refractivity contribution in [1.29, 1.82) is 0 Å². The third kappa shape index (κ3) is 3.07. The molecule has 2 N–H and O–H groups in total. The Bertz CT molecular complexity index is 737. The second kappa shape index (κ2) is 6.61. The van der Waals surface area contributed by atoms with E-state index >= 15 is 0 Å². The first-order valence-electron chi connectivity index (χ1n) is 8.85. The quantitative estimate of drug-likeness (QED) is 0.890. The van der Waals surface area contributed by atoms with Crippen LogP contribution in [0.1, 0.15) is 29.8 Å². The molecular weight excluding hydrogens is 316 g/mol. The third-order valence-corrected chi connectivity index (χ3v) is 5.31. The number of likely N-dealkylation sites (N-methyl/N-ethyl adjacent to an activating group) is 1. The molecule has 1 aromatic carbocycles. The van der Waals surface area contributed by atoms with E-state index in [1.165, 1.54) is 0 Å². The van der Waals surface area contributed by atoms with Crippen molar-refractivity contribution in [2.24, 2.45) is 0 Å². The number of benzene rings is 1. The molecule has 2 aromatic rings. The zero-order chi connectivity index (χ0) is 17.3. The minimum atomic E-state index is -0.250. The van der Waals surface area contributed by atoms with Crippen LogP contribution in [0.4, 0.5) is 0 Å². The summed E-state index contributed by atoms with van der Waals surface area (Å²) in [5.74, 6) is 0.120. The molecular formula is C19H24N4O2. The number of ether oxygens (including phenoxy) is 1. The number of amides is 1. The molecule has 1 atom stereocenters. The molecule has 132 valence electrons. The Balaban J connectivity index is 1.53. The topological polar surface area (TPSA) is 70.2 Å².